The van der Waals surface area contributed by atoms with E-state index in [9.17, 15) is 19.2 Å². The molecule has 0 saturated carbocycles. The zero-order valence-electron chi connectivity index (χ0n) is 59.6. The summed E-state index contributed by atoms with van der Waals surface area (Å²) in [6.45, 7) is 8.10. The van der Waals surface area contributed by atoms with E-state index in [0.29, 0.717) is 64.0 Å². The molecule has 13 aromatic rings. The van der Waals surface area contributed by atoms with Gasteiger partial charge in [0.15, 0.2) is 23.0 Å². The number of hydrogen-bond acceptors (Lipinski definition) is 15. The molecule has 13 rings (SSSR count). The van der Waals surface area contributed by atoms with Gasteiger partial charge in [0.2, 0.25) is 22.4 Å². The largest absolute Gasteiger partial charge is 0.489 e. The number of benzene rings is 11. The molecule has 0 aliphatic rings. The van der Waals surface area contributed by atoms with Crippen LogP contribution in [0.1, 0.15) is 65.2 Å². The van der Waals surface area contributed by atoms with Crippen LogP contribution in [-0.4, -0.2) is 64.5 Å². The number of rotatable bonds is 34. The Morgan fingerprint density at radius 1 is 0.327 bits per heavy atom. The Hall–Kier alpha value is -12.7. The molecule has 0 saturated heterocycles. The molecule has 0 fully saturated rings. The van der Waals surface area contributed by atoms with Crippen LogP contribution in [0.2, 0.25) is 0 Å². The molecule has 0 spiro atoms. The summed E-state index contributed by atoms with van der Waals surface area (Å²) in [5.74, 6) is 1.89. The molecule has 11 aromatic carbocycles. The summed E-state index contributed by atoms with van der Waals surface area (Å²) in [5, 5.41) is 6.26. The first-order chi connectivity index (χ1) is 52.4. The number of nitrogens with one attached hydrogen (secondary N) is 2. The molecule has 2 amide bonds. The van der Waals surface area contributed by atoms with Crippen LogP contribution in [-0.2, 0) is 42.5 Å². The number of carbonyl (C=O) groups is 2. The van der Waals surface area contributed by atoms with Gasteiger partial charge in [0, 0.05) is 47.5 Å². The summed E-state index contributed by atoms with van der Waals surface area (Å²) in [7, 11) is 0. The summed E-state index contributed by atoms with van der Waals surface area (Å²) < 4.78 is 69.5. The number of hydrogen-bond donors (Lipinski definition) is 2. The van der Waals surface area contributed by atoms with E-state index in [1.165, 1.54) is 0 Å². The number of amides is 2. The highest BCUT2D eigenvalue weighted by atomic mass is 16.5. The van der Waals surface area contributed by atoms with E-state index in [-0.39, 0.29) is 129 Å². The molecular weight excluding hydrogens is 1350 g/mol. The van der Waals surface area contributed by atoms with Crippen LogP contribution in [0.25, 0.3) is 55.7 Å². The second-order valence-electron chi connectivity index (χ2n) is 25.5. The summed E-state index contributed by atoms with van der Waals surface area (Å²) >= 11 is 0. The van der Waals surface area contributed by atoms with Crippen molar-refractivity contribution in [2.45, 2.75) is 53.8 Å². The lowest BCUT2D eigenvalue weighted by molar-refractivity contribution is 0.0860. The van der Waals surface area contributed by atoms with Gasteiger partial charge in [-0.2, -0.15) is 0 Å². The highest BCUT2D eigenvalue weighted by molar-refractivity contribution is 5.96. The third-order valence-corrected chi connectivity index (χ3v) is 17.8. The van der Waals surface area contributed by atoms with Crippen LogP contribution < -0.4 is 54.6 Å². The van der Waals surface area contributed by atoms with Crippen molar-refractivity contribution < 1.29 is 61.1 Å². The Morgan fingerprint density at radius 2 is 0.710 bits per heavy atom. The van der Waals surface area contributed by atoms with Crippen molar-refractivity contribution in [2.24, 2.45) is 0 Å². The normalized spacial score (nSPS) is 11.1. The predicted molar refractivity (Wildman–Crippen MR) is 413 cm³/mol. The molecule has 2 N–H and O–H groups in total. The Labute approximate surface area is 619 Å². The van der Waals surface area contributed by atoms with Crippen LogP contribution >= 0.6 is 0 Å². The lowest BCUT2D eigenvalue weighted by Crippen LogP contribution is -2.27. The van der Waals surface area contributed by atoms with Gasteiger partial charge in [-0.1, -0.05) is 188 Å². The van der Waals surface area contributed by atoms with Gasteiger partial charge in [-0.25, -0.2) is 0 Å². The molecule has 0 atom stereocenters. The van der Waals surface area contributed by atoms with Crippen molar-refractivity contribution in [1.82, 2.24) is 10.6 Å². The van der Waals surface area contributed by atoms with Gasteiger partial charge in [-0.3, -0.25) is 19.2 Å². The fourth-order valence-electron chi connectivity index (χ4n) is 12.0. The molecular formula is C90H80N2O15. The monoisotopic (exact) mass is 1430 g/mol. The van der Waals surface area contributed by atoms with E-state index in [0.717, 1.165) is 55.6 Å². The van der Waals surface area contributed by atoms with Gasteiger partial charge in [-0.15, -0.1) is 0 Å². The average molecular weight is 1430 g/mol. The van der Waals surface area contributed by atoms with E-state index in [1.807, 2.05) is 227 Å². The van der Waals surface area contributed by atoms with Crippen molar-refractivity contribution >= 4 is 33.8 Å². The smallest absolute Gasteiger partial charge is 0.251 e. The first-order valence-corrected chi connectivity index (χ1v) is 35.4. The standard InChI is InChI=1S/C90H80N2O15/c1-60-49-77(104-58-66-25-15-7-16-26-66)81-79(50-60)106-86(73-39-40-75(102-56-64-21-11-5-12-22-64)76(52-73)103-57-65-23-13-6-14-24-65)88(83(81)93)100-48-46-98-44-42-92-90(96)71-37-33-69(34-38-71)68-31-35-70(36-32-68)89(95)91-41-43-97-45-47-99-87-84(94)82-78(105-59-67-27-17-8-18-28-67)53-74(101-55-63-19-9-4-10-20-63)54-80(82)107-85(87)72-30-29-61(2)62(3)51-72/h4-40,49-54H,41-48,55-59H2,1-3H3,(H,91,95)(H,92,96). The van der Waals surface area contributed by atoms with E-state index < -0.39 is 10.9 Å². The fourth-order valence-corrected chi connectivity index (χ4v) is 12.0. The fraction of sp³-hybridized carbons (Fsp3) is 0.178. The first-order valence-electron chi connectivity index (χ1n) is 35.4. The maximum absolute atomic E-state index is 14.9. The van der Waals surface area contributed by atoms with Gasteiger partial charge < -0.3 is 62.1 Å². The molecule has 0 unspecified atom stereocenters. The molecule has 17 nitrogen and oxygen atoms in total. The minimum absolute atomic E-state index is 0.00849. The molecule has 0 bridgehead atoms. The quantitative estimate of drug-likeness (QED) is 0.0360. The lowest BCUT2D eigenvalue weighted by atomic mass is 10.0. The average Bonchev–Trinajstić information content (AvgIpc) is 0.762. The minimum atomic E-state index is -0.429. The Morgan fingerprint density at radius 3 is 1.16 bits per heavy atom. The van der Waals surface area contributed by atoms with Gasteiger partial charge >= 0.3 is 0 Å². The van der Waals surface area contributed by atoms with Crippen LogP contribution in [0.15, 0.2) is 279 Å². The van der Waals surface area contributed by atoms with Crippen LogP contribution in [0, 0.1) is 20.8 Å². The number of ether oxygens (including phenoxy) is 9. The molecule has 540 valence electrons. The van der Waals surface area contributed by atoms with E-state index in [4.69, 9.17) is 51.5 Å². The van der Waals surface area contributed by atoms with Crippen molar-refractivity contribution in [3.05, 3.63) is 337 Å². The van der Waals surface area contributed by atoms with Gasteiger partial charge in [0.05, 0.1) is 26.4 Å². The highest BCUT2D eigenvalue weighted by Crippen LogP contribution is 2.41. The first kappa shape index (κ1) is 72.6. The summed E-state index contributed by atoms with van der Waals surface area (Å²) in [6.07, 6.45) is 0. The van der Waals surface area contributed by atoms with E-state index >= 15 is 0 Å². The molecule has 0 radical (unpaired) electrons. The van der Waals surface area contributed by atoms with Crippen molar-refractivity contribution in [1.29, 1.82) is 0 Å². The second kappa shape index (κ2) is 35.7. The number of carbonyl (C=O) groups excluding carboxylic acids is 2. The van der Waals surface area contributed by atoms with Gasteiger partial charge in [0.25, 0.3) is 11.8 Å². The molecule has 0 aliphatic heterocycles. The minimum Gasteiger partial charge on any atom is -0.489 e. The molecule has 2 heterocycles. The van der Waals surface area contributed by atoms with Crippen LogP contribution in [0.3, 0.4) is 0 Å². The van der Waals surface area contributed by atoms with E-state index in [1.54, 1.807) is 54.6 Å². The zero-order chi connectivity index (χ0) is 73.7. The van der Waals surface area contributed by atoms with Crippen molar-refractivity contribution in [2.75, 3.05) is 52.7 Å². The summed E-state index contributed by atoms with van der Waals surface area (Å²) in [4.78, 5) is 56.3. The Bertz CT molecular complexity index is 5290. The molecule has 17 heteroatoms. The SMILES string of the molecule is Cc1cc(OCc2ccccc2)c2c(=O)c(OCCOCCNC(=O)c3ccc(-c4ccc(C(=O)NCCOCCOc5c(-c6ccc(C)c(C)c6)oc6cc(OCc7ccccc7)cc(OCc7ccccc7)c6c5=O)cc4)cc3)c(-c3ccc(OCc4ccccc4)c(OCc4ccccc4)c3)oc2c1. The molecule has 0 aliphatic carbocycles. The van der Waals surface area contributed by atoms with Crippen molar-refractivity contribution in [3.63, 3.8) is 0 Å². The summed E-state index contributed by atoms with van der Waals surface area (Å²) in [5.41, 5.74) is 11.2. The molecule has 2 aromatic heterocycles. The summed E-state index contributed by atoms with van der Waals surface area (Å²) in [6, 6.07) is 81.4. The van der Waals surface area contributed by atoms with Crippen molar-refractivity contribution in [3.8, 4) is 74.0 Å². The van der Waals surface area contributed by atoms with Gasteiger partial charge in [0.1, 0.15) is 85.4 Å². The number of fused-ring (bicyclic) bond motifs is 2. The van der Waals surface area contributed by atoms with E-state index in [2.05, 4.69) is 10.6 Å². The predicted octanol–water partition coefficient (Wildman–Crippen LogP) is 17.4. The van der Waals surface area contributed by atoms with Crippen LogP contribution in [0.4, 0.5) is 0 Å². The van der Waals surface area contributed by atoms with Crippen LogP contribution in [0.5, 0.6) is 40.2 Å². The third-order valence-electron chi connectivity index (χ3n) is 17.8. The topological polar surface area (TPSA) is 202 Å². The zero-order valence-corrected chi connectivity index (χ0v) is 59.6. The Balaban J connectivity index is 0.594. The van der Waals surface area contributed by atoms with Gasteiger partial charge in [-0.05, 0) is 137 Å². The second-order valence-corrected chi connectivity index (χ2v) is 25.5. The highest BCUT2D eigenvalue weighted by Gasteiger charge is 2.26. The number of aryl methyl sites for hydroxylation is 3. The third kappa shape index (κ3) is 19.0. The maximum Gasteiger partial charge on any atom is 0.251 e. The maximum atomic E-state index is 14.9. The lowest BCUT2D eigenvalue weighted by Gasteiger charge is -2.17. The molecule has 107 heavy (non-hydrogen) atoms. The Kier molecular flexibility index (Phi) is 24.2.